The van der Waals surface area contributed by atoms with E-state index in [1.54, 1.807) is 12.5 Å². The zero-order chi connectivity index (χ0) is 10.1. The van der Waals surface area contributed by atoms with E-state index in [4.69, 9.17) is 16.0 Å². The number of halogens is 1. The van der Waals surface area contributed by atoms with Crippen LogP contribution in [-0.2, 0) is 0 Å². The highest BCUT2D eigenvalue weighted by atomic mass is 35.5. The van der Waals surface area contributed by atoms with Gasteiger partial charge in [-0.3, -0.25) is 0 Å². The van der Waals surface area contributed by atoms with Gasteiger partial charge in [-0.05, 0) is 37.1 Å². The van der Waals surface area contributed by atoms with Crippen molar-refractivity contribution in [2.75, 3.05) is 0 Å². The summed E-state index contributed by atoms with van der Waals surface area (Å²) >= 11 is 6.07. The van der Waals surface area contributed by atoms with Crippen LogP contribution in [0.3, 0.4) is 0 Å². The zero-order valence-electron chi connectivity index (χ0n) is 8.04. The first-order valence-corrected chi connectivity index (χ1v) is 4.73. The molecule has 0 spiro atoms. The number of oxazole rings is 1. The zero-order valence-corrected chi connectivity index (χ0v) is 8.80. The molecule has 0 fully saturated rings. The first-order chi connectivity index (χ1) is 6.68. The van der Waals surface area contributed by atoms with Crippen LogP contribution in [0.1, 0.15) is 11.1 Å². The molecule has 0 bridgehead atoms. The molecule has 0 aliphatic heterocycles. The van der Waals surface area contributed by atoms with E-state index in [1.807, 2.05) is 26.0 Å². The van der Waals surface area contributed by atoms with Gasteiger partial charge in [0.05, 0.1) is 6.20 Å². The molecule has 1 aromatic heterocycles. The number of hydrogen-bond donors (Lipinski definition) is 0. The summed E-state index contributed by atoms with van der Waals surface area (Å²) in [7, 11) is 0. The van der Waals surface area contributed by atoms with Gasteiger partial charge in [-0.15, -0.1) is 0 Å². The summed E-state index contributed by atoms with van der Waals surface area (Å²) in [6.07, 6.45) is 3.19. The monoisotopic (exact) mass is 207 g/mol. The summed E-state index contributed by atoms with van der Waals surface area (Å²) in [4.78, 5) is 4.10. The van der Waals surface area contributed by atoms with E-state index in [2.05, 4.69) is 4.98 Å². The lowest BCUT2D eigenvalue weighted by molar-refractivity contribution is 0.574. The fraction of sp³-hybridized carbons (Fsp3) is 0.182. The van der Waals surface area contributed by atoms with E-state index in [0.29, 0.717) is 5.89 Å². The third kappa shape index (κ3) is 1.53. The van der Waals surface area contributed by atoms with E-state index in [9.17, 15) is 0 Å². The second kappa shape index (κ2) is 3.46. The molecule has 14 heavy (non-hydrogen) atoms. The Labute approximate surface area is 87.5 Å². The van der Waals surface area contributed by atoms with Gasteiger partial charge in [-0.1, -0.05) is 11.6 Å². The van der Waals surface area contributed by atoms with Crippen LogP contribution in [0.2, 0.25) is 5.02 Å². The Morgan fingerprint density at radius 1 is 1.29 bits per heavy atom. The molecule has 1 aromatic carbocycles. The van der Waals surface area contributed by atoms with E-state index in [-0.39, 0.29) is 0 Å². The van der Waals surface area contributed by atoms with Gasteiger partial charge in [0.1, 0.15) is 6.26 Å². The molecule has 0 amide bonds. The topological polar surface area (TPSA) is 26.0 Å². The fourth-order valence-corrected chi connectivity index (χ4v) is 1.67. The quantitative estimate of drug-likeness (QED) is 0.714. The lowest BCUT2D eigenvalue weighted by atomic mass is 10.1. The average Bonchev–Trinajstić information content (AvgIpc) is 2.63. The van der Waals surface area contributed by atoms with E-state index >= 15 is 0 Å². The van der Waals surface area contributed by atoms with Crippen LogP contribution in [0.15, 0.2) is 29.0 Å². The molecular formula is C11H10ClNO. The van der Waals surface area contributed by atoms with Crippen molar-refractivity contribution in [3.63, 3.8) is 0 Å². The van der Waals surface area contributed by atoms with Gasteiger partial charge >= 0.3 is 0 Å². The molecule has 0 saturated heterocycles. The first-order valence-electron chi connectivity index (χ1n) is 4.35. The van der Waals surface area contributed by atoms with Crippen LogP contribution in [0.5, 0.6) is 0 Å². The molecule has 0 atom stereocenters. The lowest BCUT2D eigenvalue weighted by Crippen LogP contribution is -1.86. The summed E-state index contributed by atoms with van der Waals surface area (Å²) in [5, 5.41) is 0.748. The van der Waals surface area contributed by atoms with Crippen LogP contribution < -0.4 is 0 Å². The predicted molar refractivity (Wildman–Crippen MR) is 56.4 cm³/mol. The minimum atomic E-state index is 0.619. The standard InChI is InChI=1S/C11H10ClNO/c1-7-5-9(8(2)10(12)6-7)11-13-3-4-14-11/h3-6H,1-2H3. The van der Waals surface area contributed by atoms with Gasteiger partial charge in [0.15, 0.2) is 0 Å². The number of nitrogens with zero attached hydrogens (tertiary/aromatic N) is 1. The molecule has 0 N–H and O–H groups in total. The SMILES string of the molecule is Cc1cc(Cl)c(C)c(-c2ncco2)c1. The van der Waals surface area contributed by atoms with Crippen molar-refractivity contribution in [2.24, 2.45) is 0 Å². The van der Waals surface area contributed by atoms with E-state index in [1.165, 1.54) is 0 Å². The second-order valence-corrected chi connectivity index (χ2v) is 3.66. The van der Waals surface area contributed by atoms with Gasteiger partial charge in [0.25, 0.3) is 0 Å². The largest absolute Gasteiger partial charge is 0.445 e. The van der Waals surface area contributed by atoms with Crippen LogP contribution in [0.25, 0.3) is 11.5 Å². The molecule has 0 unspecified atom stereocenters. The summed E-state index contributed by atoms with van der Waals surface area (Å²) in [5.74, 6) is 0.619. The maximum Gasteiger partial charge on any atom is 0.226 e. The predicted octanol–water partition coefficient (Wildman–Crippen LogP) is 3.61. The number of benzene rings is 1. The third-order valence-electron chi connectivity index (χ3n) is 2.15. The van der Waals surface area contributed by atoms with Crippen molar-refractivity contribution < 1.29 is 4.42 Å². The summed E-state index contributed by atoms with van der Waals surface area (Å²) in [6.45, 7) is 3.96. The Morgan fingerprint density at radius 2 is 2.07 bits per heavy atom. The highest BCUT2D eigenvalue weighted by Gasteiger charge is 2.09. The fourth-order valence-electron chi connectivity index (χ4n) is 1.39. The molecular weight excluding hydrogens is 198 g/mol. The van der Waals surface area contributed by atoms with Crippen LogP contribution in [0, 0.1) is 13.8 Å². The van der Waals surface area contributed by atoms with Crippen molar-refractivity contribution in [2.45, 2.75) is 13.8 Å². The van der Waals surface area contributed by atoms with Crippen molar-refractivity contribution in [1.82, 2.24) is 4.98 Å². The van der Waals surface area contributed by atoms with Gasteiger partial charge in [-0.2, -0.15) is 0 Å². The third-order valence-corrected chi connectivity index (χ3v) is 2.54. The Morgan fingerprint density at radius 3 is 2.71 bits per heavy atom. The van der Waals surface area contributed by atoms with Crippen molar-refractivity contribution in [3.8, 4) is 11.5 Å². The van der Waals surface area contributed by atoms with E-state index < -0.39 is 0 Å². The second-order valence-electron chi connectivity index (χ2n) is 3.26. The Hall–Kier alpha value is -1.28. The number of aromatic nitrogens is 1. The van der Waals surface area contributed by atoms with Crippen LogP contribution >= 0.6 is 11.6 Å². The molecule has 72 valence electrons. The van der Waals surface area contributed by atoms with Crippen molar-refractivity contribution >= 4 is 11.6 Å². The van der Waals surface area contributed by atoms with Crippen molar-refractivity contribution in [3.05, 3.63) is 40.7 Å². The minimum Gasteiger partial charge on any atom is -0.445 e. The summed E-state index contributed by atoms with van der Waals surface area (Å²) < 4.78 is 5.24. The minimum absolute atomic E-state index is 0.619. The Balaban J connectivity index is 2.64. The Bertz CT molecular complexity index is 449. The average molecular weight is 208 g/mol. The summed E-state index contributed by atoms with van der Waals surface area (Å²) in [5.41, 5.74) is 3.06. The molecule has 0 aliphatic rings. The molecule has 1 heterocycles. The van der Waals surface area contributed by atoms with Gasteiger partial charge < -0.3 is 4.42 Å². The normalized spacial score (nSPS) is 10.5. The smallest absolute Gasteiger partial charge is 0.226 e. The molecule has 2 nitrogen and oxygen atoms in total. The number of rotatable bonds is 1. The van der Waals surface area contributed by atoms with E-state index in [0.717, 1.165) is 21.7 Å². The van der Waals surface area contributed by atoms with Gasteiger partial charge in [0, 0.05) is 10.6 Å². The van der Waals surface area contributed by atoms with Crippen LogP contribution in [-0.4, -0.2) is 4.98 Å². The highest BCUT2D eigenvalue weighted by molar-refractivity contribution is 6.31. The molecule has 0 radical (unpaired) electrons. The summed E-state index contributed by atoms with van der Waals surface area (Å²) in [6, 6.07) is 3.95. The molecule has 2 rings (SSSR count). The molecule has 0 aliphatic carbocycles. The highest BCUT2D eigenvalue weighted by Crippen LogP contribution is 2.28. The van der Waals surface area contributed by atoms with Crippen LogP contribution in [0.4, 0.5) is 0 Å². The maximum absolute atomic E-state index is 6.07. The lowest BCUT2D eigenvalue weighted by Gasteiger charge is -2.05. The number of aryl methyl sites for hydroxylation is 1. The van der Waals surface area contributed by atoms with Gasteiger partial charge in [0.2, 0.25) is 5.89 Å². The first kappa shape index (κ1) is 9.28. The molecule has 3 heteroatoms. The number of hydrogen-bond acceptors (Lipinski definition) is 2. The molecule has 0 saturated carbocycles. The maximum atomic E-state index is 6.07. The van der Waals surface area contributed by atoms with Gasteiger partial charge in [-0.25, -0.2) is 4.98 Å². The molecule has 2 aromatic rings. The Kier molecular flexibility index (Phi) is 2.30. The van der Waals surface area contributed by atoms with Crippen molar-refractivity contribution in [1.29, 1.82) is 0 Å².